The van der Waals surface area contributed by atoms with Gasteiger partial charge in [0.15, 0.2) is 6.10 Å². The van der Waals surface area contributed by atoms with Gasteiger partial charge in [0.05, 0.1) is 13.2 Å². The molecule has 0 aromatic rings. The molecule has 2 unspecified atom stereocenters. The van der Waals surface area contributed by atoms with Crippen LogP contribution in [0.3, 0.4) is 0 Å². The molecule has 3 N–H and O–H groups in total. The van der Waals surface area contributed by atoms with Crippen LogP contribution in [-0.2, 0) is 32.7 Å². The first-order valence-corrected chi connectivity index (χ1v) is 36.3. The van der Waals surface area contributed by atoms with E-state index in [1.54, 1.807) is 0 Å². The van der Waals surface area contributed by atoms with Gasteiger partial charge in [-0.25, -0.2) is 4.57 Å². The number of phosphoric ester groups is 1. The van der Waals surface area contributed by atoms with Crippen LogP contribution in [0.15, 0.2) is 24.3 Å². The number of ether oxygens (including phenoxy) is 2. The van der Waals surface area contributed by atoms with E-state index in [0.29, 0.717) is 6.42 Å². The number of esters is 2. The SMILES string of the molecule is CCCCCCCCCC/C=C\CCCCCCCCCCCCCCCCCCCC(=O)OCC(COP(=O)(O)OCCN)OC(=O)CCCCCCCCCCCCCCCCCCC/C=C\CCCCCCCCCC. The zero-order chi connectivity index (χ0) is 57.3. The van der Waals surface area contributed by atoms with Gasteiger partial charge in [-0.05, 0) is 64.2 Å². The Kier molecular flexibility index (Phi) is 64.4. The highest BCUT2D eigenvalue weighted by atomic mass is 31.2. The predicted molar refractivity (Wildman–Crippen MR) is 340 cm³/mol. The molecule has 0 aliphatic rings. The second-order valence-corrected chi connectivity index (χ2v) is 25.2. The summed E-state index contributed by atoms with van der Waals surface area (Å²) in [6.07, 6.45) is 79.9. The molecule has 0 aliphatic carbocycles. The van der Waals surface area contributed by atoms with Crippen LogP contribution in [0.2, 0.25) is 0 Å². The standard InChI is InChI=1S/C69H134NO8P/c1-3-5-7-9-11-13-15-17-19-21-23-25-27-29-31-33-35-37-39-41-43-45-47-49-51-53-55-57-59-61-68(71)75-65-67(66-77-79(73,74)76-64-63-70)78-69(72)62-60-58-56-54-52-50-48-46-44-42-40-38-36-34-32-30-28-26-24-22-20-18-16-14-12-10-8-6-4-2/h21-24,67H,3-20,25-66,70H2,1-2H3,(H,73,74)/b23-21-,24-22-. The van der Waals surface area contributed by atoms with Crippen LogP contribution in [0, 0.1) is 0 Å². The maximum absolute atomic E-state index is 12.8. The summed E-state index contributed by atoms with van der Waals surface area (Å²) in [7, 11) is -4.39. The lowest BCUT2D eigenvalue weighted by Gasteiger charge is -2.19. The van der Waals surface area contributed by atoms with Crippen LogP contribution in [0.5, 0.6) is 0 Å². The van der Waals surface area contributed by atoms with Crippen molar-refractivity contribution in [3.63, 3.8) is 0 Å². The van der Waals surface area contributed by atoms with Crippen molar-refractivity contribution in [2.45, 2.75) is 380 Å². The summed E-state index contributed by atoms with van der Waals surface area (Å²) in [4.78, 5) is 35.3. The average Bonchev–Trinajstić information content (AvgIpc) is 3.44. The topological polar surface area (TPSA) is 134 Å². The molecular formula is C69H134NO8P. The first kappa shape index (κ1) is 77.5. The van der Waals surface area contributed by atoms with E-state index in [-0.39, 0.29) is 38.6 Å². The van der Waals surface area contributed by atoms with Crippen molar-refractivity contribution >= 4 is 19.8 Å². The maximum atomic E-state index is 12.8. The molecule has 0 aromatic heterocycles. The Hall–Kier alpha value is -1.51. The zero-order valence-electron chi connectivity index (χ0n) is 52.6. The maximum Gasteiger partial charge on any atom is 0.472 e. The molecule has 0 rings (SSSR count). The minimum Gasteiger partial charge on any atom is -0.462 e. The molecule has 0 aliphatic heterocycles. The first-order valence-electron chi connectivity index (χ1n) is 34.8. The first-order chi connectivity index (χ1) is 38.8. The zero-order valence-corrected chi connectivity index (χ0v) is 53.5. The fraction of sp³-hybridized carbons (Fsp3) is 0.913. The van der Waals surface area contributed by atoms with Crippen LogP contribution < -0.4 is 5.73 Å². The van der Waals surface area contributed by atoms with Crippen molar-refractivity contribution in [3.8, 4) is 0 Å². The van der Waals surface area contributed by atoms with Gasteiger partial charge in [0.25, 0.3) is 0 Å². The third-order valence-electron chi connectivity index (χ3n) is 15.8. The number of allylic oxidation sites excluding steroid dienone is 4. The van der Waals surface area contributed by atoms with Crippen LogP contribution in [0.1, 0.15) is 373 Å². The van der Waals surface area contributed by atoms with Crippen molar-refractivity contribution in [2.75, 3.05) is 26.4 Å². The third kappa shape index (κ3) is 65.5. The molecule has 9 nitrogen and oxygen atoms in total. The number of rotatable bonds is 67. The van der Waals surface area contributed by atoms with Crippen molar-refractivity contribution < 1.29 is 37.6 Å². The predicted octanol–water partition coefficient (Wildman–Crippen LogP) is 22.5. The molecule has 0 aromatic carbocycles. The fourth-order valence-corrected chi connectivity index (χ4v) is 11.4. The van der Waals surface area contributed by atoms with Crippen molar-refractivity contribution in [3.05, 3.63) is 24.3 Å². The van der Waals surface area contributed by atoms with Crippen LogP contribution >= 0.6 is 7.82 Å². The third-order valence-corrected chi connectivity index (χ3v) is 16.8. The molecule has 468 valence electrons. The molecule has 10 heteroatoms. The molecule has 0 spiro atoms. The smallest absolute Gasteiger partial charge is 0.462 e. The lowest BCUT2D eigenvalue weighted by atomic mass is 10.0. The van der Waals surface area contributed by atoms with Gasteiger partial charge >= 0.3 is 19.8 Å². The van der Waals surface area contributed by atoms with Crippen LogP contribution in [0.25, 0.3) is 0 Å². The Balaban J connectivity index is 3.83. The molecule has 0 heterocycles. The van der Waals surface area contributed by atoms with E-state index >= 15 is 0 Å². The lowest BCUT2D eigenvalue weighted by Crippen LogP contribution is -2.29. The number of hydrogen-bond acceptors (Lipinski definition) is 8. The second-order valence-electron chi connectivity index (χ2n) is 23.7. The molecule has 0 fully saturated rings. The Bertz CT molecular complexity index is 1340. The van der Waals surface area contributed by atoms with Crippen molar-refractivity contribution in [1.82, 2.24) is 0 Å². The van der Waals surface area contributed by atoms with Gasteiger partial charge in [0.2, 0.25) is 0 Å². The number of unbranched alkanes of at least 4 members (excludes halogenated alkanes) is 50. The summed E-state index contributed by atoms with van der Waals surface area (Å²) < 4.78 is 33.2. The molecule has 0 amide bonds. The number of carbonyl (C=O) groups is 2. The normalized spacial score (nSPS) is 13.0. The van der Waals surface area contributed by atoms with E-state index in [1.165, 1.54) is 308 Å². The Labute approximate surface area is 491 Å². The van der Waals surface area contributed by atoms with Gasteiger partial charge in [-0.3, -0.25) is 18.6 Å². The van der Waals surface area contributed by atoms with Crippen molar-refractivity contribution in [1.29, 1.82) is 0 Å². The van der Waals surface area contributed by atoms with Gasteiger partial charge in [0, 0.05) is 19.4 Å². The fourth-order valence-electron chi connectivity index (χ4n) is 10.6. The molecule has 0 radical (unpaired) electrons. The summed E-state index contributed by atoms with van der Waals surface area (Å²) in [5.41, 5.74) is 5.40. The summed E-state index contributed by atoms with van der Waals surface area (Å²) in [6.45, 7) is 3.82. The van der Waals surface area contributed by atoms with Crippen LogP contribution in [0.4, 0.5) is 0 Å². The molecule has 0 saturated heterocycles. The highest BCUT2D eigenvalue weighted by Crippen LogP contribution is 2.43. The Morgan fingerprint density at radius 1 is 0.367 bits per heavy atom. The molecule has 0 saturated carbocycles. The second kappa shape index (κ2) is 65.6. The van der Waals surface area contributed by atoms with Gasteiger partial charge in [-0.15, -0.1) is 0 Å². The quantitative estimate of drug-likeness (QED) is 0.0264. The van der Waals surface area contributed by atoms with E-state index in [2.05, 4.69) is 38.2 Å². The summed E-state index contributed by atoms with van der Waals surface area (Å²) in [6, 6.07) is 0. The molecular weight excluding hydrogens is 1000 g/mol. The average molecular weight is 1140 g/mol. The van der Waals surface area contributed by atoms with E-state index in [4.69, 9.17) is 24.3 Å². The summed E-state index contributed by atoms with van der Waals surface area (Å²) in [5, 5.41) is 0. The summed E-state index contributed by atoms with van der Waals surface area (Å²) in [5.74, 6) is -0.804. The number of nitrogens with two attached hydrogens (primary N) is 1. The monoisotopic (exact) mass is 1140 g/mol. The highest BCUT2D eigenvalue weighted by molar-refractivity contribution is 7.47. The van der Waals surface area contributed by atoms with E-state index in [9.17, 15) is 19.0 Å². The van der Waals surface area contributed by atoms with Gasteiger partial charge < -0.3 is 20.1 Å². The molecule has 79 heavy (non-hydrogen) atoms. The van der Waals surface area contributed by atoms with Crippen LogP contribution in [-0.4, -0.2) is 49.3 Å². The van der Waals surface area contributed by atoms with Gasteiger partial charge in [0.1, 0.15) is 6.61 Å². The van der Waals surface area contributed by atoms with Gasteiger partial charge in [-0.1, -0.05) is 321 Å². The molecule has 2 atom stereocenters. The van der Waals surface area contributed by atoms with Crippen molar-refractivity contribution in [2.24, 2.45) is 5.73 Å². The van der Waals surface area contributed by atoms with E-state index in [0.717, 1.165) is 32.1 Å². The lowest BCUT2D eigenvalue weighted by molar-refractivity contribution is -0.161. The summed E-state index contributed by atoms with van der Waals surface area (Å²) >= 11 is 0. The van der Waals surface area contributed by atoms with E-state index in [1.807, 2.05) is 0 Å². The minimum atomic E-state index is -4.39. The molecule has 0 bridgehead atoms. The van der Waals surface area contributed by atoms with Gasteiger partial charge in [-0.2, -0.15) is 0 Å². The largest absolute Gasteiger partial charge is 0.472 e. The number of hydrogen-bond donors (Lipinski definition) is 2. The Morgan fingerprint density at radius 3 is 0.899 bits per heavy atom. The van der Waals surface area contributed by atoms with E-state index < -0.39 is 26.5 Å². The Morgan fingerprint density at radius 2 is 0.620 bits per heavy atom. The minimum absolute atomic E-state index is 0.0566. The number of phosphoric acid groups is 1. The highest BCUT2D eigenvalue weighted by Gasteiger charge is 2.26. The number of carbonyl (C=O) groups excluding carboxylic acids is 2.